The van der Waals surface area contributed by atoms with E-state index in [0.717, 1.165) is 0 Å². The summed E-state index contributed by atoms with van der Waals surface area (Å²) in [6.07, 6.45) is 0. The Bertz CT molecular complexity index is 641. The molecule has 2 rings (SSSR count). The molecule has 7 heteroatoms. The Morgan fingerprint density at radius 2 is 1.60 bits per heavy atom. The highest BCUT2D eigenvalue weighted by molar-refractivity contribution is 6.35. The molecule has 0 radical (unpaired) electrons. The fourth-order valence-corrected chi connectivity index (χ4v) is 2.10. The number of hydrogen-bond donors (Lipinski definition) is 4. The number of nitrogens with one attached hydrogen (secondary N) is 1. The first-order chi connectivity index (χ1) is 9.40. The lowest BCUT2D eigenvalue weighted by Gasteiger charge is -2.11. The van der Waals surface area contributed by atoms with Crippen LogP contribution in [0.25, 0.3) is 0 Å². The van der Waals surface area contributed by atoms with Gasteiger partial charge in [-0.2, -0.15) is 0 Å². The molecule has 0 fully saturated rings. The molecule has 0 atom stereocenters. The van der Waals surface area contributed by atoms with E-state index in [1.807, 2.05) is 0 Å². The van der Waals surface area contributed by atoms with Crippen molar-refractivity contribution in [3.63, 3.8) is 0 Å². The predicted molar refractivity (Wildman–Crippen MR) is 75.2 cm³/mol. The molecule has 0 aliphatic carbocycles. The summed E-state index contributed by atoms with van der Waals surface area (Å²) in [4.78, 5) is 0. The van der Waals surface area contributed by atoms with Gasteiger partial charge in [0.1, 0.15) is 0 Å². The van der Waals surface area contributed by atoms with E-state index in [0.29, 0.717) is 11.3 Å². The first-order valence-electron chi connectivity index (χ1n) is 5.51. The normalized spacial score (nSPS) is 10.6. The third kappa shape index (κ3) is 2.84. The van der Waals surface area contributed by atoms with E-state index in [4.69, 9.17) is 23.2 Å². The van der Waals surface area contributed by atoms with Crippen LogP contribution < -0.4 is 5.32 Å². The molecule has 0 spiro atoms. The number of aromatic hydroxyl groups is 3. The van der Waals surface area contributed by atoms with E-state index < -0.39 is 23.1 Å². The Morgan fingerprint density at radius 1 is 1.00 bits per heavy atom. The van der Waals surface area contributed by atoms with Gasteiger partial charge >= 0.3 is 0 Å². The zero-order valence-electron chi connectivity index (χ0n) is 9.99. The van der Waals surface area contributed by atoms with Crippen molar-refractivity contribution in [2.45, 2.75) is 6.54 Å². The minimum absolute atomic E-state index is 0.123. The van der Waals surface area contributed by atoms with Crippen LogP contribution in [0.4, 0.5) is 10.1 Å². The number of phenols is 3. The van der Waals surface area contributed by atoms with Crippen LogP contribution in [0.1, 0.15) is 5.56 Å². The Hall–Kier alpha value is -1.85. The standard InChI is InChI=1S/C13H10Cl2FNO3/c14-8-3-7(4-9(15)11(8)16)17-5-6-1-2-10(18)13(20)12(6)19/h1-4,17-20H,5H2. The zero-order valence-corrected chi connectivity index (χ0v) is 11.5. The third-order valence-corrected chi connectivity index (χ3v) is 3.23. The van der Waals surface area contributed by atoms with Crippen LogP contribution >= 0.6 is 23.2 Å². The zero-order chi connectivity index (χ0) is 14.9. The van der Waals surface area contributed by atoms with Crippen molar-refractivity contribution >= 4 is 28.9 Å². The Balaban J connectivity index is 2.19. The number of phenolic OH excluding ortho intramolecular Hbond substituents is 3. The lowest BCUT2D eigenvalue weighted by Crippen LogP contribution is -2.00. The van der Waals surface area contributed by atoms with Crippen LogP contribution in [0.15, 0.2) is 24.3 Å². The molecular weight excluding hydrogens is 308 g/mol. The van der Waals surface area contributed by atoms with Gasteiger partial charge < -0.3 is 20.6 Å². The van der Waals surface area contributed by atoms with E-state index in [1.165, 1.54) is 24.3 Å². The molecule has 2 aromatic rings. The van der Waals surface area contributed by atoms with Crippen LogP contribution in [0.2, 0.25) is 10.0 Å². The summed E-state index contributed by atoms with van der Waals surface area (Å²) >= 11 is 11.3. The second kappa shape index (κ2) is 5.64. The van der Waals surface area contributed by atoms with Crippen LogP contribution in [-0.4, -0.2) is 15.3 Å². The van der Waals surface area contributed by atoms with Gasteiger partial charge in [0.05, 0.1) is 10.0 Å². The molecule has 0 unspecified atom stereocenters. The molecule has 106 valence electrons. The van der Waals surface area contributed by atoms with Crippen molar-refractivity contribution in [1.82, 2.24) is 0 Å². The molecule has 0 amide bonds. The van der Waals surface area contributed by atoms with E-state index in [9.17, 15) is 19.7 Å². The predicted octanol–water partition coefficient (Wildman–Crippen LogP) is 3.86. The average molecular weight is 318 g/mol. The highest BCUT2D eigenvalue weighted by Crippen LogP contribution is 2.37. The van der Waals surface area contributed by atoms with Gasteiger partial charge in [0.15, 0.2) is 17.3 Å². The van der Waals surface area contributed by atoms with Gasteiger partial charge in [-0.15, -0.1) is 0 Å². The molecule has 0 saturated carbocycles. The minimum atomic E-state index is -0.705. The molecule has 2 aromatic carbocycles. The van der Waals surface area contributed by atoms with Gasteiger partial charge in [-0.3, -0.25) is 0 Å². The fourth-order valence-electron chi connectivity index (χ4n) is 1.61. The molecular formula is C13H10Cl2FNO3. The van der Waals surface area contributed by atoms with Crippen molar-refractivity contribution < 1.29 is 19.7 Å². The molecule has 0 aliphatic heterocycles. The number of anilines is 1. The smallest absolute Gasteiger partial charge is 0.200 e. The minimum Gasteiger partial charge on any atom is -0.504 e. The monoisotopic (exact) mass is 317 g/mol. The first-order valence-corrected chi connectivity index (χ1v) is 6.27. The maximum atomic E-state index is 13.2. The van der Waals surface area contributed by atoms with Gasteiger partial charge in [0.2, 0.25) is 5.75 Å². The summed E-state index contributed by atoms with van der Waals surface area (Å²) in [5, 5.41) is 30.9. The first kappa shape index (κ1) is 14.6. The van der Waals surface area contributed by atoms with Gasteiger partial charge in [0, 0.05) is 17.8 Å². The molecule has 20 heavy (non-hydrogen) atoms. The summed E-state index contributed by atoms with van der Waals surface area (Å²) < 4.78 is 13.2. The SMILES string of the molecule is Oc1ccc(CNc2cc(Cl)c(F)c(Cl)c2)c(O)c1O. The van der Waals surface area contributed by atoms with Gasteiger partial charge in [0.25, 0.3) is 0 Å². The Labute approximate surface area is 124 Å². The van der Waals surface area contributed by atoms with Crippen molar-refractivity contribution in [3.05, 3.63) is 45.7 Å². The summed E-state index contributed by atoms with van der Waals surface area (Å²) in [6, 6.07) is 5.38. The molecule has 0 saturated heterocycles. The van der Waals surface area contributed by atoms with E-state index in [2.05, 4.69) is 5.32 Å². The summed E-state index contributed by atoms with van der Waals surface area (Å²) in [5.41, 5.74) is 0.797. The van der Waals surface area contributed by atoms with Crippen LogP contribution in [0, 0.1) is 5.82 Å². The van der Waals surface area contributed by atoms with E-state index in [-0.39, 0.29) is 16.6 Å². The molecule has 0 bridgehead atoms. The van der Waals surface area contributed by atoms with Gasteiger partial charge in [-0.25, -0.2) is 4.39 Å². The molecule has 4 nitrogen and oxygen atoms in total. The second-order valence-electron chi connectivity index (χ2n) is 4.05. The van der Waals surface area contributed by atoms with Crippen molar-refractivity contribution in [2.24, 2.45) is 0 Å². The van der Waals surface area contributed by atoms with Crippen LogP contribution in [0.3, 0.4) is 0 Å². The summed E-state index contributed by atoms with van der Waals surface area (Å²) in [5.74, 6) is -2.15. The quantitative estimate of drug-likeness (QED) is 0.512. The number of halogens is 3. The van der Waals surface area contributed by atoms with Crippen molar-refractivity contribution in [3.8, 4) is 17.2 Å². The van der Waals surface area contributed by atoms with Gasteiger partial charge in [-0.05, 0) is 24.3 Å². The van der Waals surface area contributed by atoms with Crippen molar-refractivity contribution in [2.75, 3.05) is 5.32 Å². The summed E-state index contributed by atoms with van der Waals surface area (Å²) in [6.45, 7) is 0.123. The lowest BCUT2D eigenvalue weighted by molar-refractivity contribution is 0.365. The molecule has 4 N–H and O–H groups in total. The maximum absolute atomic E-state index is 13.2. The van der Waals surface area contributed by atoms with Crippen LogP contribution in [-0.2, 0) is 6.54 Å². The Kier molecular flexibility index (Phi) is 4.11. The van der Waals surface area contributed by atoms with E-state index >= 15 is 0 Å². The molecule has 0 aliphatic rings. The molecule has 0 aromatic heterocycles. The van der Waals surface area contributed by atoms with Gasteiger partial charge in [-0.1, -0.05) is 23.2 Å². The number of rotatable bonds is 3. The Morgan fingerprint density at radius 3 is 2.20 bits per heavy atom. The third-order valence-electron chi connectivity index (χ3n) is 2.68. The van der Waals surface area contributed by atoms with Crippen LogP contribution in [0.5, 0.6) is 17.2 Å². The topological polar surface area (TPSA) is 72.7 Å². The molecule has 0 heterocycles. The fraction of sp³-hybridized carbons (Fsp3) is 0.0769. The second-order valence-corrected chi connectivity index (χ2v) is 4.86. The lowest BCUT2D eigenvalue weighted by atomic mass is 10.1. The van der Waals surface area contributed by atoms with E-state index in [1.54, 1.807) is 0 Å². The number of benzene rings is 2. The highest BCUT2D eigenvalue weighted by atomic mass is 35.5. The number of hydrogen-bond acceptors (Lipinski definition) is 4. The highest BCUT2D eigenvalue weighted by Gasteiger charge is 2.12. The maximum Gasteiger partial charge on any atom is 0.200 e. The largest absolute Gasteiger partial charge is 0.504 e. The van der Waals surface area contributed by atoms with Crippen molar-refractivity contribution in [1.29, 1.82) is 0 Å². The summed E-state index contributed by atoms with van der Waals surface area (Å²) in [7, 11) is 0. The average Bonchev–Trinajstić information content (AvgIpc) is 2.41.